The normalized spacial score (nSPS) is 24.0. The number of halogens is 3. The highest BCUT2D eigenvalue weighted by molar-refractivity contribution is 7.89. The lowest BCUT2D eigenvalue weighted by atomic mass is 10.2. The lowest BCUT2D eigenvalue weighted by Gasteiger charge is -2.13. The summed E-state index contributed by atoms with van der Waals surface area (Å²) in [4.78, 5) is -0.767. The molecule has 0 saturated heterocycles. The second kappa shape index (κ2) is 4.22. The zero-order valence-corrected chi connectivity index (χ0v) is 9.92. The van der Waals surface area contributed by atoms with E-state index in [1.54, 1.807) is 0 Å². The van der Waals surface area contributed by atoms with Crippen LogP contribution in [0.25, 0.3) is 0 Å². The number of hydrogen-bond acceptors (Lipinski definition) is 3. The first-order chi connectivity index (χ1) is 8.22. The average Bonchev–Trinajstić information content (AvgIpc) is 2.92. The van der Waals surface area contributed by atoms with Gasteiger partial charge in [-0.15, -0.1) is 0 Å². The first-order valence-electron chi connectivity index (χ1n) is 5.16. The van der Waals surface area contributed by atoms with E-state index in [0.717, 1.165) is 18.2 Å². The maximum atomic E-state index is 12.7. The number of rotatable bonds is 3. The van der Waals surface area contributed by atoms with Crippen molar-refractivity contribution in [3.8, 4) is 0 Å². The van der Waals surface area contributed by atoms with Gasteiger partial charge in [0.25, 0.3) is 0 Å². The molecule has 1 aromatic rings. The highest BCUT2D eigenvalue weighted by Gasteiger charge is 2.41. The van der Waals surface area contributed by atoms with E-state index < -0.39 is 32.7 Å². The Morgan fingerprint density at radius 1 is 1.28 bits per heavy atom. The maximum absolute atomic E-state index is 12.7. The van der Waals surface area contributed by atoms with Crippen molar-refractivity contribution >= 4 is 10.0 Å². The monoisotopic (exact) mass is 280 g/mol. The minimum absolute atomic E-state index is 0.321. The van der Waals surface area contributed by atoms with Crippen LogP contribution in [0.3, 0.4) is 0 Å². The topological polar surface area (TPSA) is 72.2 Å². The van der Waals surface area contributed by atoms with Crippen LogP contribution in [0.2, 0.25) is 0 Å². The molecule has 1 saturated carbocycles. The van der Waals surface area contributed by atoms with Crippen LogP contribution < -0.4 is 10.5 Å². The van der Waals surface area contributed by atoms with Crippen LogP contribution in [-0.2, 0) is 16.2 Å². The van der Waals surface area contributed by atoms with Crippen molar-refractivity contribution in [2.75, 3.05) is 0 Å². The Morgan fingerprint density at radius 2 is 1.83 bits per heavy atom. The van der Waals surface area contributed by atoms with Crippen LogP contribution in [0.4, 0.5) is 13.2 Å². The van der Waals surface area contributed by atoms with E-state index in [1.807, 2.05) is 0 Å². The molecule has 0 aliphatic heterocycles. The van der Waals surface area contributed by atoms with Crippen LogP contribution in [0.15, 0.2) is 29.2 Å². The van der Waals surface area contributed by atoms with E-state index >= 15 is 0 Å². The maximum Gasteiger partial charge on any atom is 0.417 e. The van der Waals surface area contributed by atoms with Gasteiger partial charge in [-0.05, 0) is 18.6 Å². The Bertz CT molecular complexity index is 556. The van der Waals surface area contributed by atoms with Crippen molar-refractivity contribution < 1.29 is 21.6 Å². The summed E-state index contributed by atoms with van der Waals surface area (Å²) in [5.74, 6) is 0. The third-order valence-electron chi connectivity index (χ3n) is 2.63. The van der Waals surface area contributed by atoms with E-state index in [9.17, 15) is 21.6 Å². The summed E-state index contributed by atoms with van der Waals surface area (Å²) in [6.45, 7) is 0. The number of alkyl halides is 3. The van der Waals surface area contributed by atoms with Gasteiger partial charge in [0, 0.05) is 12.1 Å². The number of sulfonamides is 1. The summed E-state index contributed by atoms with van der Waals surface area (Å²) in [6.07, 6.45) is -4.27. The predicted octanol–water partition coefficient (Wildman–Crippen LogP) is 1.08. The van der Waals surface area contributed by atoms with Gasteiger partial charge in [-0.1, -0.05) is 12.1 Å². The molecule has 100 valence electrons. The number of nitrogens with one attached hydrogen (secondary N) is 1. The number of nitrogens with two attached hydrogens (primary N) is 1. The molecule has 0 radical (unpaired) electrons. The van der Waals surface area contributed by atoms with Gasteiger partial charge in [0.05, 0.1) is 10.5 Å². The van der Waals surface area contributed by atoms with Crippen molar-refractivity contribution in [3.05, 3.63) is 29.8 Å². The van der Waals surface area contributed by atoms with E-state index in [1.165, 1.54) is 6.07 Å². The molecule has 3 N–H and O–H groups in total. The Morgan fingerprint density at radius 3 is 2.33 bits per heavy atom. The number of hydrogen-bond donors (Lipinski definition) is 2. The molecule has 0 bridgehead atoms. The van der Waals surface area contributed by atoms with Crippen molar-refractivity contribution in [1.82, 2.24) is 4.72 Å². The van der Waals surface area contributed by atoms with Crippen molar-refractivity contribution in [1.29, 1.82) is 0 Å². The first kappa shape index (κ1) is 13.3. The summed E-state index contributed by atoms with van der Waals surface area (Å²) in [6, 6.07) is 3.26. The van der Waals surface area contributed by atoms with E-state index in [0.29, 0.717) is 6.42 Å². The molecule has 0 spiro atoms. The molecule has 4 nitrogen and oxygen atoms in total. The second-order valence-electron chi connectivity index (χ2n) is 4.12. The molecule has 0 amide bonds. The Hall–Kier alpha value is -1.12. The van der Waals surface area contributed by atoms with Crippen LogP contribution in [0.1, 0.15) is 12.0 Å². The molecule has 18 heavy (non-hydrogen) atoms. The Kier molecular flexibility index (Phi) is 3.12. The average molecular weight is 280 g/mol. The molecular formula is C10H11F3N2O2S. The van der Waals surface area contributed by atoms with Crippen LogP contribution in [0.5, 0.6) is 0 Å². The zero-order valence-electron chi connectivity index (χ0n) is 9.11. The summed E-state index contributed by atoms with van der Waals surface area (Å²) in [7, 11) is -4.19. The van der Waals surface area contributed by atoms with Crippen molar-refractivity contribution in [2.24, 2.45) is 5.73 Å². The van der Waals surface area contributed by atoms with Gasteiger partial charge in [-0.25, -0.2) is 13.1 Å². The van der Waals surface area contributed by atoms with E-state index in [4.69, 9.17) is 5.73 Å². The highest BCUT2D eigenvalue weighted by Crippen LogP contribution is 2.34. The van der Waals surface area contributed by atoms with Gasteiger partial charge < -0.3 is 5.73 Å². The summed E-state index contributed by atoms with van der Waals surface area (Å²) < 4.78 is 63.9. The van der Waals surface area contributed by atoms with Crippen LogP contribution in [0, 0.1) is 0 Å². The molecule has 2 rings (SSSR count). The van der Waals surface area contributed by atoms with E-state index in [2.05, 4.69) is 4.72 Å². The predicted molar refractivity (Wildman–Crippen MR) is 58.1 cm³/mol. The molecule has 0 heterocycles. The van der Waals surface area contributed by atoms with Gasteiger partial charge >= 0.3 is 6.18 Å². The smallest absolute Gasteiger partial charge is 0.326 e. The van der Waals surface area contributed by atoms with Gasteiger partial charge in [0.2, 0.25) is 10.0 Å². The van der Waals surface area contributed by atoms with Gasteiger partial charge in [0.1, 0.15) is 0 Å². The molecule has 1 aliphatic carbocycles. The van der Waals surface area contributed by atoms with Crippen LogP contribution >= 0.6 is 0 Å². The fourth-order valence-corrected chi connectivity index (χ4v) is 3.08. The summed E-state index contributed by atoms with van der Waals surface area (Å²) >= 11 is 0. The standard InChI is InChI=1S/C10H11F3N2O2S/c11-10(12,13)6-3-1-2-4-9(6)18(16,17)15-8-5-7(8)14/h1-4,7-8,15H,5,14H2. The zero-order chi connectivity index (χ0) is 13.6. The molecule has 2 unspecified atom stereocenters. The minimum Gasteiger partial charge on any atom is -0.326 e. The summed E-state index contributed by atoms with van der Waals surface area (Å²) in [5, 5.41) is 0. The fraction of sp³-hybridized carbons (Fsp3) is 0.400. The SMILES string of the molecule is NC1CC1NS(=O)(=O)c1ccccc1C(F)(F)F. The molecule has 1 fully saturated rings. The molecule has 1 aromatic carbocycles. The molecule has 1 aliphatic rings. The third kappa shape index (κ3) is 2.65. The lowest BCUT2D eigenvalue weighted by molar-refractivity contribution is -0.139. The second-order valence-corrected chi connectivity index (χ2v) is 5.80. The quantitative estimate of drug-likeness (QED) is 0.870. The van der Waals surface area contributed by atoms with Crippen molar-refractivity contribution in [3.63, 3.8) is 0 Å². The van der Waals surface area contributed by atoms with Gasteiger partial charge in [-0.2, -0.15) is 13.2 Å². The van der Waals surface area contributed by atoms with Gasteiger partial charge in [-0.3, -0.25) is 0 Å². The molecular weight excluding hydrogens is 269 g/mol. The van der Waals surface area contributed by atoms with Crippen LogP contribution in [-0.4, -0.2) is 20.5 Å². The molecule has 0 aromatic heterocycles. The van der Waals surface area contributed by atoms with E-state index in [-0.39, 0.29) is 6.04 Å². The van der Waals surface area contributed by atoms with Gasteiger partial charge in [0.15, 0.2) is 0 Å². The van der Waals surface area contributed by atoms with Crippen molar-refractivity contribution in [2.45, 2.75) is 29.6 Å². The third-order valence-corrected chi connectivity index (χ3v) is 4.18. The largest absolute Gasteiger partial charge is 0.417 e. The fourth-order valence-electron chi connectivity index (χ4n) is 1.55. The molecule has 8 heteroatoms. The lowest BCUT2D eigenvalue weighted by Crippen LogP contribution is -2.31. The highest BCUT2D eigenvalue weighted by atomic mass is 32.2. The summed E-state index contributed by atoms with van der Waals surface area (Å²) in [5.41, 5.74) is 4.25. The Labute approximate surface area is 102 Å². The Balaban J connectivity index is 2.38. The number of benzene rings is 1. The minimum atomic E-state index is -4.71. The first-order valence-corrected chi connectivity index (χ1v) is 6.64. The molecule has 2 atom stereocenters.